The number of nitrogens with zero attached hydrogens (tertiary/aromatic N) is 2. The van der Waals surface area contributed by atoms with Crippen LogP contribution in [0.1, 0.15) is 46.0 Å². The summed E-state index contributed by atoms with van der Waals surface area (Å²) in [6.07, 6.45) is 7.00. The number of aromatic nitrogens is 2. The minimum Gasteiger partial charge on any atom is -0.394 e. The molecule has 1 heterocycles. The van der Waals surface area contributed by atoms with E-state index in [-0.39, 0.29) is 12.1 Å². The topological polar surface area (TPSA) is 70.1 Å². The van der Waals surface area contributed by atoms with Crippen molar-refractivity contribution in [2.45, 2.75) is 51.5 Å². The van der Waals surface area contributed by atoms with Crippen molar-refractivity contribution in [2.75, 3.05) is 23.8 Å². The summed E-state index contributed by atoms with van der Waals surface area (Å²) in [6.45, 7) is 5.36. The van der Waals surface area contributed by atoms with Gasteiger partial charge in [-0.2, -0.15) is 4.98 Å². The summed E-state index contributed by atoms with van der Waals surface area (Å²) in [5.74, 6) is 2.12. The fraction of sp³-hybridized carbons (Fsp3) is 0.733. The van der Waals surface area contributed by atoms with Gasteiger partial charge in [-0.1, -0.05) is 13.8 Å². The second-order valence-corrected chi connectivity index (χ2v) is 6.92. The molecule has 5 nitrogen and oxygen atoms in total. The van der Waals surface area contributed by atoms with Gasteiger partial charge in [0.25, 0.3) is 0 Å². The average Bonchev–Trinajstić information content (AvgIpc) is 2.50. The standard InChI is InChI=1S/C15H25BrN4O/c1-3-8-17-14-18-9-12(16)13(19-14)20-15(10-21)6-4-11(2)5-7-15/h9,11,21H,3-8,10H2,1-2H3,(H2,17,18,19,20). The maximum atomic E-state index is 9.85. The first-order chi connectivity index (χ1) is 10.1. The Kier molecular flexibility index (Phi) is 5.81. The predicted octanol–water partition coefficient (Wildman–Crippen LogP) is 3.41. The second kappa shape index (κ2) is 7.40. The molecule has 0 saturated heterocycles. The molecule has 1 aliphatic rings. The van der Waals surface area contributed by atoms with Crippen molar-refractivity contribution in [3.63, 3.8) is 0 Å². The maximum absolute atomic E-state index is 9.85. The molecule has 0 unspecified atom stereocenters. The highest BCUT2D eigenvalue weighted by Crippen LogP contribution is 2.35. The van der Waals surface area contributed by atoms with Gasteiger partial charge >= 0.3 is 0 Å². The van der Waals surface area contributed by atoms with Crippen LogP contribution in [0.2, 0.25) is 0 Å². The predicted molar refractivity (Wildman–Crippen MR) is 89.6 cm³/mol. The summed E-state index contributed by atoms with van der Waals surface area (Å²) in [6, 6.07) is 0. The van der Waals surface area contributed by atoms with Crippen molar-refractivity contribution in [2.24, 2.45) is 5.92 Å². The first-order valence-electron chi connectivity index (χ1n) is 7.74. The number of halogens is 1. The molecule has 0 aliphatic heterocycles. The molecule has 6 heteroatoms. The minimum absolute atomic E-state index is 0.133. The molecule has 1 aliphatic carbocycles. The van der Waals surface area contributed by atoms with Crippen molar-refractivity contribution in [3.05, 3.63) is 10.7 Å². The summed E-state index contributed by atoms with van der Waals surface area (Å²) in [5, 5.41) is 16.5. The van der Waals surface area contributed by atoms with Gasteiger partial charge < -0.3 is 15.7 Å². The Morgan fingerprint density at radius 3 is 2.76 bits per heavy atom. The van der Waals surface area contributed by atoms with Crippen LogP contribution in [0.5, 0.6) is 0 Å². The Morgan fingerprint density at radius 2 is 2.14 bits per heavy atom. The highest BCUT2D eigenvalue weighted by molar-refractivity contribution is 9.10. The van der Waals surface area contributed by atoms with Crippen LogP contribution in [0.25, 0.3) is 0 Å². The zero-order valence-electron chi connectivity index (χ0n) is 12.8. The van der Waals surface area contributed by atoms with Crippen LogP contribution in [0, 0.1) is 5.92 Å². The van der Waals surface area contributed by atoms with Crippen LogP contribution in [0.15, 0.2) is 10.7 Å². The maximum Gasteiger partial charge on any atom is 0.224 e. The van der Waals surface area contributed by atoms with E-state index in [9.17, 15) is 5.11 Å². The van der Waals surface area contributed by atoms with Gasteiger partial charge in [0.05, 0.1) is 16.6 Å². The van der Waals surface area contributed by atoms with Gasteiger partial charge in [-0.05, 0) is 54.0 Å². The number of hydrogen-bond acceptors (Lipinski definition) is 5. The number of hydrogen-bond donors (Lipinski definition) is 3. The normalized spacial score (nSPS) is 25.6. The van der Waals surface area contributed by atoms with Crippen LogP contribution in [-0.4, -0.2) is 33.8 Å². The molecule has 0 amide bonds. The molecule has 3 N–H and O–H groups in total. The summed E-state index contributed by atoms with van der Waals surface area (Å²) < 4.78 is 0.830. The summed E-state index contributed by atoms with van der Waals surface area (Å²) in [5.41, 5.74) is -0.259. The first-order valence-corrected chi connectivity index (χ1v) is 8.53. The largest absolute Gasteiger partial charge is 0.394 e. The third kappa shape index (κ3) is 4.30. The van der Waals surface area contributed by atoms with E-state index in [4.69, 9.17) is 0 Å². The minimum atomic E-state index is -0.259. The van der Waals surface area contributed by atoms with E-state index in [0.717, 1.165) is 54.9 Å². The van der Waals surface area contributed by atoms with E-state index in [0.29, 0.717) is 5.95 Å². The van der Waals surface area contributed by atoms with E-state index in [1.165, 1.54) is 0 Å². The molecular weight excluding hydrogens is 332 g/mol. The van der Waals surface area contributed by atoms with Gasteiger partial charge in [-0.15, -0.1) is 0 Å². The number of rotatable bonds is 6. The summed E-state index contributed by atoms with van der Waals surface area (Å²) >= 11 is 3.49. The van der Waals surface area contributed by atoms with E-state index in [1.54, 1.807) is 6.20 Å². The Labute approximate surface area is 135 Å². The van der Waals surface area contributed by atoms with Gasteiger partial charge in [0.2, 0.25) is 5.95 Å². The lowest BCUT2D eigenvalue weighted by Gasteiger charge is -2.39. The molecule has 118 valence electrons. The lowest BCUT2D eigenvalue weighted by atomic mass is 9.77. The lowest BCUT2D eigenvalue weighted by Crippen LogP contribution is -2.45. The third-order valence-corrected chi connectivity index (χ3v) is 4.78. The summed E-state index contributed by atoms with van der Waals surface area (Å²) in [7, 11) is 0. The second-order valence-electron chi connectivity index (χ2n) is 6.06. The highest BCUT2D eigenvalue weighted by atomic mass is 79.9. The monoisotopic (exact) mass is 356 g/mol. The molecule has 0 radical (unpaired) electrons. The SMILES string of the molecule is CCCNc1ncc(Br)c(NC2(CO)CCC(C)CC2)n1. The molecule has 2 rings (SSSR count). The number of aliphatic hydroxyl groups excluding tert-OH is 1. The molecule has 21 heavy (non-hydrogen) atoms. The Balaban J connectivity index is 2.13. The molecule has 0 spiro atoms. The van der Waals surface area contributed by atoms with Crippen molar-refractivity contribution in [3.8, 4) is 0 Å². The van der Waals surface area contributed by atoms with E-state index < -0.39 is 0 Å². The Bertz CT molecular complexity index is 461. The number of nitrogens with one attached hydrogen (secondary N) is 2. The van der Waals surface area contributed by atoms with Gasteiger partial charge in [0, 0.05) is 12.7 Å². The van der Waals surface area contributed by atoms with Crippen LogP contribution in [0.3, 0.4) is 0 Å². The van der Waals surface area contributed by atoms with Crippen LogP contribution < -0.4 is 10.6 Å². The zero-order chi connectivity index (χ0) is 15.3. The van der Waals surface area contributed by atoms with Crippen LogP contribution >= 0.6 is 15.9 Å². The molecule has 0 bridgehead atoms. The first kappa shape index (κ1) is 16.5. The molecule has 0 atom stereocenters. The fourth-order valence-corrected chi connectivity index (χ4v) is 2.96. The highest BCUT2D eigenvalue weighted by Gasteiger charge is 2.34. The zero-order valence-corrected chi connectivity index (χ0v) is 14.4. The van der Waals surface area contributed by atoms with Crippen molar-refractivity contribution < 1.29 is 5.11 Å². The van der Waals surface area contributed by atoms with Gasteiger partial charge in [-0.3, -0.25) is 0 Å². The van der Waals surface area contributed by atoms with Gasteiger partial charge in [-0.25, -0.2) is 4.98 Å². The van der Waals surface area contributed by atoms with E-state index >= 15 is 0 Å². The van der Waals surface area contributed by atoms with Crippen molar-refractivity contribution in [1.29, 1.82) is 0 Å². The smallest absolute Gasteiger partial charge is 0.224 e. The molecule has 1 fully saturated rings. The molecule has 1 aromatic rings. The quantitative estimate of drug-likeness (QED) is 0.728. The lowest BCUT2D eigenvalue weighted by molar-refractivity contribution is 0.155. The van der Waals surface area contributed by atoms with Crippen LogP contribution in [0.4, 0.5) is 11.8 Å². The number of anilines is 2. The molecule has 0 aromatic carbocycles. The third-order valence-electron chi connectivity index (χ3n) is 4.19. The van der Waals surface area contributed by atoms with Crippen LogP contribution in [-0.2, 0) is 0 Å². The Hall–Kier alpha value is -0.880. The van der Waals surface area contributed by atoms with Crippen molar-refractivity contribution >= 4 is 27.7 Å². The van der Waals surface area contributed by atoms with E-state index in [1.807, 2.05) is 0 Å². The Morgan fingerprint density at radius 1 is 1.43 bits per heavy atom. The average molecular weight is 357 g/mol. The number of aliphatic hydroxyl groups is 1. The molecule has 1 saturated carbocycles. The van der Waals surface area contributed by atoms with E-state index in [2.05, 4.69) is 50.4 Å². The fourth-order valence-electron chi connectivity index (χ4n) is 2.67. The summed E-state index contributed by atoms with van der Waals surface area (Å²) in [4.78, 5) is 8.78. The van der Waals surface area contributed by atoms with Crippen molar-refractivity contribution in [1.82, 2.24) is 9.97 Å². The molecule has 1 aromatic heterocycles. The molecular formula is C15H25BrN4O. The van der Waals surface area contributed by atoms with Gasteiger partial charge in [0.1, 0.15) is 5.82 Å². The van der Waals surface area contributed by atoms with Gasteiger partial charge in [0.15, 0.2) is 0 Å².